The average Bonchev–Trinajstić information content (AvgIpc) is 2.71. The van der Waals surface area contributed by atoms with Crippen LogP contribution in [0.15, 0.2) is 6.20 Å². The summed E-state index contributed by atoms with van der Waals surface area (Å²) in [6.45, 7) is 8.32. The maximum atomic E-state index is 5.09. The second kappa shape index (κ2) is 6.42. The van der Waals surface area contributed by atoms with Gasteiger partial charge in [0, 0.05) is 25.9 Å². The van der Waals surface area contributed by atoms with Crippen molar-refractivity contribution in [2.45, 2.75) is 46.1 Å². The predicted molar refractivity (Wildman–Crippen MR) is 78.5 cm³/mol. The van der Waals surface area contributed by atoms with Crippen molar-refractivity contribution in [2.75, 3.05) is 25.6 Å². The largest absolute Gasteiger partial charge is 0.383 e. The van der Waals surface area contributed by atoms with Gasteiger partial charge in [0.05, 0.1) is 12.3 Å². The Hall–Kier alpha value is -1.03. The second-order valence-corrected chi connectivity index (χ2v) is 6.00. The summed E-state index contributed by atoms with van der Waals surface area (Å²) in [7, 11) is 1.73. The molecule has 1 heterocycles. The first-order valence-corrected chi connectivity index (χ1v) is 7.40. The van der Waals surface area contributed by atoms with Crippen LogP contribution in [0.2, 0.25) is 0 Å². The van der Waals surface area contributed by atoms with Crippen LogP contribution in [0, 0.1) is 18.8 Å². The van der Waals surface area contributed by atoms with Gasteiger partial charge >= 0.3 is 0 Å². The number of imidazole rings is 1. The minimum atomic E-state index is 0.586. The molecule has 0 saturated heterocycles. The summed E-state index contributed by atoms with van der Waals surface area (Å²) in [5.41, 5.74) is 1.09. The molecule has 0 spiro atoms. The Bertz CT molecular complexity index is 402. The van der Waals surface area contributed by atoms with Gasteiger partial charge in [-0.2, -0.15) is 0 Å². The number of aromatic nitrogens is 2. The van der Waals surface area contributed by atoms with Gasteiger partial charge in [-0.1, -0.05) is 13.8 Å². The Morgan fingerprint density at radius 1 is 1.42 bits per heavy atom. The average molecular weight is 265 g/mol. The summed E-state index contributed by atoms with van der Waals surface area (Å²) in [5.74, 6) is 2.59. The van der Waals surface area contributed by atoms with Gasteiger partial charge in [0.15, 0.2) is 0 Å². The minimum absolute atomic E-state index is 0.586. The third kappa shape index (κ3) is 3.50. The Balaban J connectivity index is 2.10. The summed E-state index contributed by atoms with van der Waals surface area (Å²) in [4.78, 5) is 4.61. The fourth-order valence-electron chi connectivity index (χ4n) is 3.23. The van der Waals surface area contributed by atoms with Crippen molar-refractivity contribution in [3.05, 3.63) is 11.9 Å². The van der Waals surface area contributed by atoms with E-state index in [9.17, 15) is 0 Å². The third-order valence-corrected chi connectivity index (χ3v) is 4.19. The van der Waals surface area contributed by atoms with Crippen molar-refractivity contribution in [1.82, 2.24) is 9.55 Å². The Morgan fingerprint density at radius 2 is 2.21 bits per heavy atom. The van der Waals surface area contributed by atoms with Crippen molar-refractivity contribution in [3.63, 3.8) is 0 Å². The van der Waals surface area contributed by atoms with E-state index in [4.69, 9.17) is 4.74 Å². The number of nitrogens with zero attached hydrogens (tertiary/aromatic N) is 2. The van der Waals surface area contributed by atoms with Crippen molar-refractivity contribution >= 4 is 5.95 Å². The summed E-state index contributed by atoms with van der Waals surface area (Å²) in [6.07, 6.45) is 6.09. The number of aryl methyl sites for hydroxylation is 1. The first-order chi connectivity index (χ1) is 9.11. The molecule has 1 aliphatic carbocycles. The zero-order valence-corrected chi connectivity index (χ0v) is 12.6. The van der Waals surface area contributed by atoms with Crippen molar-refractivity contribution in [2.24, 2.45) is 11.8 Å². The molecule has 0 aliphatic heterocycles. The molecule has 0 radical (unpaired) electrons. The lowest BCUT2D eigenvalue weighted by molar-refractivity contribution is 0.205. The highest BCUT2D eigenvalue weighted by atomic mass is 16.5. The quantitative estimate of drug-likeness (QED) is 0.831. The standard InChI is InChI=1S/C15H27N3O/c1-11-5-6-14(12(2)9-11)18-10-13(3)17-15(18)16-7-8-19-4/h10-12,14H,5-9H2,1-4H3,(H,16,17). The topological polar surface area (TPSA) is 39.1 Å². The van der Waals surface area contributed by atoms with Crippen LogP contribution in [-0.2, 0) is 4.74 Å². The second-order valence-electron chi connectivity index (χ2n) is 6.00. The van der Waals surface area contributed by atoms with Crippen molar-refractivity contribution in [3.8, 4) is 0 Å². The maximum absolute atomic E-state index is 5.09. The maximum Gasteiger partial charge on any atom is 0.203 e. The molecule has 1 aromatic heterocycles. The van der Waals surface area contributed by atoms with E-state index in [0.717, 1.165) is 30.0 Å². The zero-order chi connectivity index (χ0) is 13.8. The molecule has 1 saturated carbocycles. The lowest BCUT2D eigenvalue weighted by Gasteiger charge is -2.34. The van der Waals surface area contributed by atoms with Gasteiger partial charge in [-0.3, -0.25) is 0 Å². The Labute approximate surface area is 116 Å². The molecule has 108 valence electrons. The van der Waals surface area contributed by atoms with E-state index in [2.05, 4.69) is 41.8 Å². The molecule has 1 aromatic rings. The molecule has 1 fully saturated rings. The summed E-state index contributed by atoms with van der Waals surface area (Å²) in [5, 5.41) is 3.39. The highest BCUT2D eigenvalue weighted by Gasteiger charge is 2.28. The van der Waals surface area contributed by atoms with Crippen LogP contribution in [0.4, 0.5) is 5.95 Å². The van der Waals surface area contributed by atoms with Crippen LogP contribution >= 0.6 is 0 Å². The van der Waals surface area contributed by atoms with Crippen LogP contribution in [0.5, 0.6) is 0 Å². The van der Waals surface area contributed by atoms with E-state index < -0.39 is 0 Å². The molecule has 19 heavy (non-hydrogen) atoms. The van der Waals surface area contributed by atoms with Crippen LogP contribution in [-0.4, -0.2) is 29.8 Å². The van der Waals surface area contributed by atoms with Gasteiger partial charge in [-0.15, -0.1) is 0 Å². The lowest BCUT2D eigenvalue weighted by atomic mass is 9.80. The van der Waals surface area contributed by atoms with Gasteiger partial charge in [0.25, 0.3) is 0 Å². The van der Waals surface area contributed by atoms with Gasteiger partial charge in [0.1, 0.15) is 0 Å². The molecule has 0 aromatic carbocycles. The number of hydrogen-bond acceptors (Lipinski definition) is 3. The SMILES string of the molecule is COCCNc1nc(C)cn1C1CCC(C)CC1C. The molecule has 1 aliphatic rings. The molecular weight excluding hydrogens is 238 g/mol. The minimum Gasteiger partial charge on any atom is -0.383 e. The highest BCUT2D eigenvalue weighted by molar-refractivity contribution is 5.29. The van der Waals surface area contributed by atoms with Crippen LogP contribution in [0.25, 0.3) is 0 Å². The molecule has 0 bridgehead atoms. The summed E-state index contributed by atoms with van der Waals surface area (Å²) < 4.78 is 7.44. The number of anilines is 1. The fraction of sp³-hybridized carbons (Fsp3) is 0.800. The van der Waals surface area contributed by atoms with Crippen molar-refractivity contribution in [1.29, 1.82) is 0 Å². The van der Waals surface area contributed by atoms with Crippen molar-refractivity contribution < 1.29 is 4.74 Å². The van der Waals surface area contributed by atoms with Gasteiger partial charge in [-0.25, -0.2) is 4.98 Å². The van der Waals surface area contributed by atoms with E-state index in [1.165, 1.54) is 19.3 Å². The summed E-state index contributed by atoms with van der Waals surface area (Å²) in [6, 6.07) is 0.586. The molecule has 3 atom stereocenters. The van der Waals surface area contributed by atoms with Gasteiger partial charge < -0.3 is 14.6 Å². The first-order valence-electron chi connectivity index (χ1n) is 7.40. The number of ether oxygens (including phenoxy) is 1. The van der Waals surface area contributed by atoms with Crippen LogP contribution in [0.3, 0.4) is 0 Å². The number of nitrogens with one attached hydrogen (secondary N) is 1. The van der Waals surface area contributed by atoms with Crippen LogP contribution < -0.4 is 5.32 Å². The van der Waals surface area contributed by atoms with E-state index in [-0.39, 0.29) is 0 Å². The molecule has 1 N–H and O–H groups in total. The molecular formula is C15H27N3O. The van der Waals surface area contributed by atoms with Gasteiger partial charge in [-0.05, 0) is 38.0 Å². The predicted octanol–water partition coefficient (Wildman–Crippen LogP) is 3.25. The smallest absolute Gasteiger partial charge is 0.203 e. The monoisotopic (exact) mass is 265 g/mol. The third-order valence-electron chi connectivity index (χ3n) is 4.19. The summed E-state index contributed by atoms with van der Waals surface area (Å²) >= 11 is 0. The Morgan fingerprint density at radius 3 is 2.89 bits per heavy atom. The molecule has 2 rings (SSSR count). The lowest BCUT2D eigenvalue weighted by Crippen LogP contribution is -2.26. The molecule has 0 amide bonds. The zero-order valence-electron chi connectivity index (χ0n) is 12.6. The van der Waals surface area contributed by atoms with Crippen LogP contribution in [0.1, 0.15) is 44.8 Å². The Kier molecular flexibility index (Phi) is 4.86. The molecule has 3 unspecified atom stereocenters. The normalized spacial score (nSPS) is 27.5. The first kappa shape index (κ1) is 14.4. The number of rotatable bonds is 5. The molecule has 4 heteroatoms. The van der Waals surface area contributed by atoms with E-state index in [1.54, 1.807) is 7.11 Å². The van der Waals surface area contributed by atoms with E-state index in [0.29, 0.717) is 12.6 Å². The van der Waals surface area contributed by atoms with E-state index in [1.807, 2.05) is 0 Å². The van der Waals surface area contributed by atoms with Gasteiger partial charge in [0.2, 0.25) is 5.95 Å². The highest BCUT2D eigenvalue weighted by Crippen LogP contribution is 2.38. The van der Waals surface area contributed by atoms with E-state index >= 15 is 0 Å². The number of hydrogen-bond donors (Lipinski definition) is 1. The fourth-order valence-corrected chi connectivity index (χ4v) is 3.23. The molecule has 4 nitrogen and oxygen atoms in total. The number of methoxy groups -OCH3 is 1.